The highest BCUT2D eigenvalue weighted by Crippen LogP contribution is 2.26. The van der Waals surface area contributed by atoms with Crippen LogP contribution in [0.3, 0.4) is 0 Å². The molecule has 0 bridgehead atoms. The monoisotopic (exact) mass is 597 g/mol. The van der Waals surface area contributed by atoms with Crippen LogP contribution in [-0.4, -0.2) is 50.0 Å². The van der Waals surface area contributed by atoms with Crippen molar-refractivity contribution in [3.05, 3.63) is 101 Å². The Labute approximate surface area is 249 Å². The zero-order valence-corrected chi connectivity index (χ0v) is 26.2. The van der Waals surface area contributed by atoms with E-state index in [9.17, 15) is 18.0 Å². The number of nitrogens with one attached hydrogen (secondary N) is 1. The maximum absolute atomic E-state index is 14.1. The fourth-order valence-electron chi connectivity index (χ4n) is 4.51. The van der Waals surface area contributed by atoms with Crippen LogP contribution in [0.4, 0.5) is 5.69 Å². The van der Waals surface area contributed by atoms with Crippen molar-refractivity contribution in [1.82, 2.24) is 10.2 Å². The SMILES string of the molecule is CC(C)NC(=O)[C@@H](Cc1ccccc1)N(Cc1cccc(Cl)c1)C(=O)CN(c1ccc(C(C)(C)C)cc1)S(C)(=O)=O. The van der Waals surface area contributed by atoms with Gasteiger partial charge in [0.05, 0.1) is 11.9 Å². The van der Waals surface area contributed by atoms with Crippen LogP contribution in [0.25, 0.3) is 0 Å². The van der Waals surface area contributed by atoms with E-state index in [-0.39, 0.29) is 30.3 Å². The first kappa shape index (κ1) is 32.2. The van der Waals surface area contributed by atoms with Crippen LogP contribution in [0, 0.1) is 0 Å². The van der Waals surface area contributed by atoms with Gasteiger partial charge < -0.3 is 10.2 Å². The number of halogens is 1. The number of amides is 2. The van der Waals surface area contributed by atoms with Crippen molar-refractivity contribution < 1.29 is 18.0 Å². The molecule has 0 saturated carbocycles. The summed E-state index contributed by atoms with van der Waals surface area (Å²) in [7, 11) is -3.83. The third kappa shape index (κ3) is 9.33. The molecule has 2 amide bonds. The maximum Gasteiger partial charge on any atom is 0.244 e. The molecule has 1 N–H and O–H groups in total. The molecule has 0 aliphatic carbocycles. The quantitative estimate of drug-likeness (QED) is 0.313. The number of nitrogens with zero attached hydrogens (tertiary/aromatic N) is 2. The van der Waals surface area contributed by atoms with E-state index in [2.05, 4.69) is 26.1 Å². The van der Waals surface area contributed by atoms with E-state index in [4.69, 9.17) is 11.6 Å². The first-order valence-corrected chi connectivity index (χ1v) is 15.8. The van der Waals surface area contributed by atoms with Crippen LogP contribution in [0.15, 0.2) is 78.9 Å². The van der Waals surface area contributed by atoms with Gasteiger partial charge in [-0.2, -0.15) is 0 Å². The normalized spacial score (nSPS) is 12.6. The Morgan fingerprint density at radius 3 is 2.05 bits per heavy atom. The highest BCUT2D eigenvalue weighted by molar-refractivity contribution is 7.92. The summed E-state index contributed by atoms with van der Waals surface area (Å²) in [4.78, 5) is 29.2. The van der Waals surface area contributed by atoms with Gasteiger partial charge in [-0.15, -0.1) is 0 Å². The molecular formula is C32H40ClN3O4S. The number of carbonyl (C=O) groups is 2. The van der Waals surface area contributed by atoms with Crippen LogP contribution in [0.1, 0.15) is 51.3 Å². The zero-order chi connectivity index (χ0) is 30.4. The molecule has 0 saturated heterocycles. The maximum atomic E-state index is 14.1. The lowest BCUT2D eigenvalue weighted by Crippen LogP contribution is -2.54. The third-order valence-electron chi connectivity index (χ3n) is 6.64. The van der Waals surface area contributed by atoms with E-state index >= 15 is 0 Å². The van der Waals surface area contributed by atoms with Crippen molar-refractivity contribution in [2.45, 2.75) is 65.1 Å². The van der Waals surface area contributed by atoms with Gasteiger partial charge in [-0.25, -0.2) is 8.42 Å². The van der Waals surface area contributed by atoms with Gasteiger partial charge in [-0.1, -0.05) is 87.0 Å². The van der Waals surface area contributed by atoms with Crippen LogP contribution in [0.5, 0.6) is 0 Å². The number of hydrogen-bond acceptors (Lipinski definition) is 4. The van der Waals surface area contributed by atoms with Crippen molar-refractivity contribution in [1.29, 1.82) is 0 Å². The Hall–Kier alpha value is -3.36. The van der Waals surface area contributed by atoms with Gasteiger partial charge in [0.15, 0.2) is 0 Å². The minimum atomic E-state index is -3.83. The van der Waals surface area contributed by atoms with Gasteiger partial charge in [0.25, 0.3) is 0 Å². The Morgan fingerprint density at radius 2 is 1.51 bits per heavy atom. The molecule has 220 valence electrons. The van der Waals surface area contributed by atoms with Gasteiger partial charge >= 0.3 is 0 Å². The lowest BCUT2D eigenvalue weighted by atomic mass is 9.87. The highest BCUT2D eigenvalue weighted by atomic mass is 35.5. The first-order chi connectivity index (χ1) is 19.1. The molecule has 0 heterocycles. The minimum absolute atomic E-state index is 0.0724. The summed E-state index contributed by atoms with van der Waals surface area (Å²) >= 11 is 6.25. The van der Waals surface area contributed by atoms with Crippen molar-refractivity contribution in [3.8, 4) is 0 Å². The molecule has 0 aliphatic rings. The van der Waals surface area contributed by atoms with E-state index in [1.165, 1.54) is 4.90 Å². The average molecular weight is 598 g/mol. The number of anilines is 1. The number of hydrogen-bond donors (Lipinski definition) is 1. The van der Waals surface area contributed by atoms with Gasteiger partial charge in [0.2, 0.25) is 21.8 Å². The summed E-state index contributed by atoms with van der Waals surface area (Å²) in [6.45, 7) is 9.53. The molecular weight excluding hydrogens is 558 g/mol. The molecule has 3 rings (SSSR count). The van der Waals surface area contributed by atoms with E-state index < -0.39 is 28.5 Å². The van der Waals surface area contributed by atoms with E-state index in [0.717, 1.165) is 27.3 Å². The Bertz CT molecular complexity index is 1440. The Morgan fingerprint density at radius 1 is 0.902 bits per heavy atom. The molecule has 3 aromatic carbocycles. The molecule has 0 radical (unpaired) electrons. The van der Waals surface area contributed by atoms with Gasteiger partial charge in [0, 0.05) is 24.0 Å². The van der Waals surface area contributed by atoms with Crippen LogP contribution >= 0.6 is 11.6 Å². The average Bonchev–Trinajstić information content (AvgIpc) is 2.88. The smallest absolute Gasteiger partial charge is 0.244 e. The second-order valence-electron chi connectivity index (χ2n) is 11.6. The molecule has 0 aliphatic heterocycles. The molecule has 0 fully saturated rings. The minimum Gasteiger partial charge on any atom is -0.352 e. The topological polar surface area (TPSA) is 86.8 Å². The number of rotatable bonds is 11. The highest BCUT2D eigenvalue weighted by Gasteiger charge is 2.33. The zero-order valence-electron chi connectivity index (χ0n) is 24.6. The molecule has 1 atom stereocenters. The molecule has 0 unspecified atom stereocenters. The number of benzene rings is 3. The predicted octanol–water partition coefficient (Wildman–Crippen LogP) is 5.57. The van der Waals surface area contributed by atoms with E-state index in [0.29, 0.717) is 10.7 Å². The van der Waals surface area contributed by atoms with E-state index in [1.54, 1.807) is 30.3 Å². The van der Waals surface area contributed by atoms with Crippen LogP contribution in [0.2, 0.25) is 5.02 Å². The molecule has 0 spiro atoms. The Balaban J connectivity index is 2.05. The van der Waals surface area contributed by atoms with Crippen LogP contribution < -0.4 is 9.62 Å². The second kappa shape index (κ2) is 13.5. The standard InChI is InChI=1S/C32H40ClN3O4S/c1-23(2)34-31(38)29(20-24-11-8-7-9-12-24)35(21-25-13-10-14-27(33)19-25)30(37)22-36(41(6,39)40)28-17-15-26(16-18-28)32(3,4)5/h7-19,23,29H,20-22H2,1-6H3,(H,34,38)/t29-/m1/s1. The molecule has 9 heteroatoms. The van der Waals surface area contributed by atoms with Gasteiger partial charge in [0.1, 0.15) is 12.6 Å². The van der Waals surface area contributed by atoms with Crippen LogP contribution in [-0.2, 0) is 38.0 Å². The second-order valence-corrected chi connectivity index (χ2v) is 13.9. The summed E-state index contributed by atoms with van der Waals surface area (Å²) in [5.41, 5.74) is 2.89. The fraction of sp³-hybridized carbons (Fsp3) is 0.375. The first-order valence-electron chi connectivity index (χ1n) is 13.6. The fourth-order valence-corrected chi connectivity index (χ4v) is 5.57. The van der Waals surface area contributed by atoms with Crippen molar-refractivity contribution in [2.24, 2.45) is 0 Å². The summed E-state index contributed by atoms with van der Waals surface area (Å²) in [6.07, 6.45) is 1.33. The summed E-state index contributed by atoms with van der Waals surface area (Å²) in [5.74, 6) is -0.824. The molecule has 7 nitrogen and oxygen atoms in total. The molecule has 41 heavy (non-hydrogen) atoms. The van der Waals surface area contributed by atoms with Crippen molar-refractivity contribution in [3.63, 3.8) is 0 Å². The molecule has 3 aromatic rings. The van der Waals surface area contributed by atoms with Gasteiger partial charge in [-0.05, 0) is 60.2 Å². The largest absolute Gasteiger partial charge is 0.352 e. The number of carbonyl (C=O) groups excluding carboxylic acids is 2. The lowest BCUT2D eigenvalue weighted by molar-refractivity contribution is -0.140. The van der Waals surface area contributed by atoms with Crippen molar-refractivity contribution in [2.75, 3.05) is 17.1 Å². The predicted molar refractivity (Wildman–Crippen MR) is 167 cm³/mol. The van der Waals surface area contributed by atoms with E-state index in [1.807, 2.05) is 62.4 Å². The third-order valence-corrected chi connectivity index (χ3v) is 8.02. The van der Waals surface area contributed by atoms with Gasteiger partial charge in [-0.3, -0.25) is 13.9 Å². The lowest BCUT2D eigenvalue weighted by Gasteiger charge is -2.34. The summed E-state index contributed by atoms with van der Waals surface area (Å²) in [5, 5.41) is 3.44. The Kier molecular flexibility index (Phi) is 10.6. The number of sulfonamides is 1. The summed E-state index contributed by atoms with van der Waals surface area (Å²) in [6, 6.07) is 22.6. The van der Waals surface area contributed by atoms with Crippen molar-refractivity contribution >= 4 is 39.1 Å². The summed E-state index contributed by atoms with van der Waals surface area (Å²) < 4.78 is 27.0. The molecule has 0 aromatic heterocycles.